The van der Waals surface area contributed by atoms with Gasteiger partial charge in [0.2, 0.25) is 12.7 Å². The van der Waals surface area contributed by atoms with Gasteiger partial charge < -0.3 is 29.5 Å². The van der Waals surface area contributed by atoms with Crippen LogP contribution in [0, 0.1) is 5.92 Å². The van der Waals surface area contributed by atoms with E-state index in [-0.39, 0.29) is 37.1 Å². The molecule has 1 aliphatic carbocycles. The van der Waals surface area contributed by atoms with Crippen molar-refractivity contribution in [3.05, 3.63) is 70.8 Å². The Morgan fingerprint density at radius 1 is 1.02 bits per heavy atom. The molecule has 2 aromatic rings. The van der Waals surface area contributed by atoms with Crippen LogP contribution in [0.2, 0.25) is 0 Å². The van der Waals surface area contributed by atoms with Crippen LogP contribution in [0.5, 0.6) is 11.5 Å². The third-order valence-corrected chi connectivity index (χ3v) is 8.69. The largest absolute Gasteiger partial charge is 0.454 e. The molecule has 228 valence electrons. The van der Waals surface area contributed by atoms with Crippen molar-refractivity contribution in [1.29, 1.82) is 0 Å². The zero-order valence-corrected chi connectivity index (χ0v) is 25.6. The highest BCUT2D eigenvalue weighted by Crippen LogP contribution is 2.39. The summed E-state index contributed by atoms with van der Waals surface area (Å²) < 4.78 is 22.5. The van der Waals surface area contributed by atoms with Crippen LogP contribution in [0.3, 0.4) is 0 Å². The third-order valence-electron chi connectivity index (χ3n) is 7.91. The molecule has 1 aliphatic heterocycles. The van der Waals surface area contributed by atoms with Crippen LogP contribution in [0.25, 0.3) is 0 Å². The van der Waals surface area contributed by atoms with Crippen molar-refractivity contribution in [2.24, 2.45) is 5.92 Å². The van der Waals surface area contributed by atoms with Gasteiger partial charge in [0.25, 0.3) is 5.91 Å². The van der Waals surface area contributed by atoms with Crippen molar-refractivity contribution < 1.29 is 33.4 Å². The summed E-state index contributed by atoms with van der Waals surface area (Å²) in [7, 11) is -4.25. The second-order valence-corrected chi connectivity index (χ2v) is 13.4. The van der Waals surface area contributed by atoms with Gasteiger partial charge in [-0.2, -0.15) is 0 Å². The smallest absolute Gasteiger partial charge is 0.329 e. The number of carbonyl (C=O) groups is 2. The van der Waals surface area contributed by atoms with Gasteiger partial charge in [-0.15, -0.1) is 0 Å². The van der Waals surface area contributed by atoms with Crippen LogP contribution in [-0.4, -0.2) is 45.4 Å². The molecule has 2 aromatic carbocycles. The first-order valence-electron chi connectivity index (χ1n) is 14.8. The Morgan fingerprint density at radius 3 is 2.36 bits per heavy atom. The molecule has 1 saturated carbocycles. The zero-order valence-electron chi connectivity index (χ0n) is 24.8. The Bertz CT molecular complexity index is 1310. The molecular formula is C32H43N2O7P. The zero-order chi connectivity index (χ0) is 30.3. The first kappa shape index (κ1) is 31.8. The summed E-state index contributed by atoms with van der Waals surface area (Å²) in [6.45, 7) is 6.42. The first-order valence-corrected chi connectivity index (χ1v) is 16.6. The number of hydrogen-bond donors (Lipinski definition) is 3. The molecule has 4 rings (SSSR count). The van der Waals surface area contributed by atoms with Crippen molar-refractivity contribution >= 4 is 19.4 Å². The maximum atomic E-state index is 14.2. The van der Waals surface area contributed by atoms with Crippen molar-refractivity contribution in [3.8, 4) is 11.5 Å². The molecule has 1 heterocycles. The van der Waals surface area contributed by atoms with Crippen molar-refractivity contribution in [2.75, 3.05) is 6.79 Å². The summed E-state index contributed by atoms with van der Waals surface area (Å²) >= 11 is 0. The molecule has 2 atom stereocenters. The lowest BCUT2D eigenvalue weighted by Crippen LogP contribution is -2.54. The number of nitrogens with zero attached hydrogens (tertiary/aromatic N) is 1. The quantitative estimate of drug-likeness (QED) is 0.204. The average Bonchev–Trinajstić information content (AvgIpc) is 3.40. The molecule has 0 saturated heterocycles. The SMILES string of the molecule is CC(C)=CCCC(C)C(C(=O)NC1CCCCC1)N(Cc1ccc2c(c1)OCO2)C(=O)c1ccc(CP(=O)(O)O)cc1. The number of hydrogen-bond acceptors (Lipinski definition) is 5. The lowest BCUT2D eigenvalue weighted by molar-refractivity contribution is -0.128. The minimum Gasteiger partial charge on any atom is -0.454 e. The lowest BCUT2D eigenvalue weighted by atomic mass is 9.91. The van der Waals surface area contributed by atoms with Crippen LogP contribution in [-0.2, 0) is 22.1 Å². The molecule has 0 spiro atoms. The third kappa shape index (κ3) is 8.93. The van der Waals surface area contributed by atoms with E-state index in [1.54, 1.807) is 29.2 Å². The number of nitrogens with one attached hydrogen (secondary N) is 1. The molecule has 10 heteroatoms. The van der Waals surface area contributed by atoms with Crippen molar-refractivity contribution in [1.82, 2.24) is 10.2 Å². The fraction of sp³-hybridized carbons (Fsp3) is 0.500. The number of amides is 2. The van der Waals surface area contributed by atoms with Crippen LogP contribution < -0.4 is 14.8 Å². The Kier molecular flexibility index (Phi) is 10.9. The van der Waals surface area contributed by atoms with Crippen molar-refractivity contribution in [2.45, 2.75) is 90.5 Å². The maximum Gasteiger partial charge on any atom is 0.329 e. The summed E-state index contributed by atoms with van der Waals surface area (Å²) in [4.78, 5) is 48.7. The summed E-state index contributed by atoms with van der Waals surface area (Å²) in [5, 5.41) is 3.27. The molecule has 9 nitrogen and oxygen atoms in total. The highest BCUT2D eigenvalue weighted by atomic mass is 31.2. The van der Waals surface area contributed by atoms with Gasteiger partial charge in [0.15, 0.2) is 11.5 Å². The van der Waals surface area contributed by atoms with E-state index in [0.29, 0.717) is 22.6 Å². The molecule has 0 aromatic heterocycles. The van der Waals surface area contributed by atoms with Gasteiger partial charge in [0.1, 0.15) is 6.04 Å². The van der Waals surface area contributed by atoms with Crippen LogP contribution >= 0.6 is 7.60 Å². The van der Waals surface area contributed by atoms with Gasteiger partial charge >= 0.3 is 7.60 Å². The number of fused-ring (bicyclic) bond motifs is 1. The fourth-order valence-corrected chi connectivity index (χ4v) is 6.41. The summed E-state index contributed by atoms with van der Waals surface area (Å²) in [5.41, 5.74) is 2.79. The molecule has 1 fully saturated rings. The summed E-state index contributed by atoms with van der Waals surface area (Å²) in [6.07, 6.45) is 8.44. The number of carbonyl (C=O) groups excluding carboxylic acids is 2. The lowest BCUT2D eigenvalue weighted by Gasteiger charge is -2.36. The van der Waals surface area contributed by atoms with E-state index in [4.69, 9.17) is 9.47 Å². The Hall–Kier alpha value is -3.13. The topological polar surface area (TPSA) is 125 Å². The predicted octanol–water partition coefficient (Wildman–Crippen LogP) is 5.94. The normalized spacial score (nSPS) is 16.4. The number of ether oxygens (including phenoxy) is 2. The van der Waals surface area contributed by atoms with E-state index in [1.807, 2.05) is 39.0 Å². The summed E-state index contributed by atoms with van der Waals surface area (Å²) in [5.74, 6) is 0.614. The Labute approximate surface area is 248 Å². The van der Waals surface area contributed by atoms with E-state index < -0.39 is 19.8 Å². The number of allylic oxidation sites excluding steroid dienone is 2. The molecule has 2 unspecified atom stereocenters. The van der Waals surface area contributed by atoms with Gasteiger partial charge in [-0.1, -0.05) is 56.0 Å². The van der Waals surface area contributed by atoms with Crippen LogP contribution in [0.4, 0.5) is 0 Å². The van der Waals surface area contributed by atoms with E-state index >= 15 is 0 Å². The van der Waals surface area contributed by atoms with Gasteiger partial charge in [-0.3, -0.25) is 14.2 Å². The first-order chi connectivity index (χ1) is 20.0. The Balaban J connectivity index is 1.68. The predicted molar refractivity (Wildman–Crippen MR) is 161 cm³/mol. The van der Waals surface area contributed by atoms with Gasteiger partial charge in [-0.25, -0.2) is 0 Å². The van der Waals surface area contributed by atoms with Crippen LogP contribution in [0.1, 0.15) is 87.2 Å². The second kappa shape index (κ2) is 14.4. The fourth-order valence-electron chi connectivity index (χ4n) is 5.72. The van der Waals surface area contributed by atoms with Gasteiger partial charge in [0, 0.05) is 18.2 Å². The molecule has 3 N–H and O–H groups in total. The Morgan fingerprint density at radius 2 is 1.69 bits per heavy atom. The van der Waals surface area contributed by atoms with Gasteiger partial charge in [-0.05, 0) is 80.8 Å². The molecule has 0 radical (unpaired) electrons. The standard InChI is InChI=1S/C32H43N2O7P/c1-22(2)8-7-9-23(3)30(31(35)33-27-10-5-4-6-11-27)34(19-25-14-17-28-29(18-25)41-21-40-28)32(36)26-15-12-24(13-16-26)20-42(37,38)39/h8,12-18,23,27,30H,4-7,9-11,19-21H2,1-3H3,(H,33,35)(H2,37,38,39). The van der Waals surface area contributed by atoms with E-state index in [0.717, 1.165) is 44.1 Å². The molecule has 0 bridgehead atoms. The van der Waals surface area contributed by atoms with E-state index in [9.17, 15) is 23.9 Å². The highest BCUT2D eigenvalue weighted by Gasteiger charge is 2.36. The minimum atomic E-state index is -4.25. The van der Waals surface area contributed by atoms with E-state index in [1.165, 1.54) is 12.0 Å². The average molecular weight is 599 g/mol. The molecule has 2 amide bonds. The number of benzene rings is 2. The molecule has 42 heavy (non-hydrogen) atoms. The van der Waals surface area contributed by atoms with Gasteiger partial charge in [0.05, 0.1) is 6.16 Å². The highest BCUT2D eigenvalue weighted by molar-refractivity contribution is 7.50. The maximum absolute atomic E-state index is 14.2. The number of rotatable bonds is 12. The van der Waals surface area contributed by atoms with Crippen LogP contribution in [0.15, 0.2) is 54.1 Å². The monoisotopic (exact) mass is 598 g/mol. The van der Waals surface area contributed by atoms with Crippen molar-refractivity contribution in [3.63, 3.8) is 0 Å². The minimum absolute atomic E-state index is 0.0909. The molecular weight excluding hydrogens is 555 g/mol. The van der Waals surface area contributed by atoms with E-state index in [2.05, 4.69) is 11.4 Å². The summed E-state index contributed by atoms with van der Waals surface area (Å²) in [6, 6.07) is 11.1. The molecule has 2 aliphatic rings. The second-order valence-electron chi connectivity index (χ2n) is 11.8.